The average Bonchev–Trinajstić information content (AvgIpc) is 2.87. The van der Waals surface area contributed by atoms with Gasteiger partial charge in [-0.2, -0.15) is 0 Å². The van der Waals surface area contributed by atoms with Crippen molar-refractivity contribution < 1.29 is 19.4 Å². The van der Waals surface area contributed by atoms with E-state index in [4.69, 9.17) is 26.7 Å². The van der Waals surface area contributed by atoms with Crippen LogP contribution in [-0.4, -0.2) is 73.9 Å². The molecule has 3 rings (SSSR count). The van der Waals surface area contributed by atoms with Crippen molar-refractivity contribution in [2.75, 3.05) is 13.1 Å². The zero-order chi connectivity index (χ0) is 28.8. The van der Waals surface area contributed by atoms with Crippen LogP contribution >= 0.6 is 11.6 Å². The molecule has 2 aliphatic heterocycles. The van der Waals surface area contributed by atoms with E-state index in [-0.39, 0.29) is 24.9 Å². The Kier molecular flexibility index (Phi) is 10.1. The average molecular weight is 558 g/mol. The number of likely N-dealkylation sites (tertiary alicyclic amines) is 1. The lowest BCUT2D eigenvalue weighted by atomic mass is 9.73. The molecule has 1 saturated heterocycles. The molecule has 0 radical (unpaired) electrons. The number of hydrogen-bond donors (Lipinski definition) is 2. The smallest absolute Gasteiger partial charge is 0.303 e. The van der Waals surface area contributed by atoms with E-state index in [0.717, 1.165) is 11.4 Å². The van der Waals surface area contributed by atoms with Crippen LogP contribution in [0.2, 0.25) is 0 Å². The van der Waals surface area contributed by atoms with Crippen LogP contribution in [0.15, 0.2) is 83.4 Å². The molecule has 8 heteroatoms. The molecule has 3 aliphatic rings. The standard InChI is InChI=1S/C31H41ClFN3O3/c1-6-8-12-22(3)31(33)20-36(21-31)28(39)23-17-18-29(4)30(5,19-23)35-25(14-9-10-16-27(37)38)26(34-29)15-11-13-24(32)7-2/h6-7,11,15,17-19,24,28,39H,1-3,8-10,12-14,16,20-21H2,4-5H3,(H,37,38)/b15-11+. The fourth-order valence-electron chi connectivity index (χ4n) is 5.05. The molecule has 39 heavy (non-hydrogen) atoms. The quantitative estimate of drug-likeness (QED) is 0.144. The summed E-state index contributed by atoms with van der Waals surface area (Å²) in [4.78, 5) is 22.9. The first-order chi connectivity index (χ1) is 18.4. The number of fused-ring (bicyclic) bond motifs is 1. The lowest BCUT2D eigenvalue weighted by Crippen LogP contribution is -2.63. The van der Waals surface area contributed by atoms with Crippen LogP contribution in [-0.2, 0) is 4.79 Å². The first kappa shape index (κ1) is 30.9. The van der Waals surface area contributed by atoms with Gasteiger partial charge in [0.15, 0.2) is 5.67 Å². The number of aliphatic carboxylic acids is 1. The molecule has 0 spiro atoms. The Labute approximate surface area is 236 Å². The number of aliphatic hydroxyl groups is 1. The maximum Gasteiger partial charge on any atom is 0.303 e. The van der Waals surface area contributed by atoms with Crippen LogP contribution < -0.4 is 0 Å². The molecule has 6 nitrogen and oxygen atoms in total. The number of aliphatic hydroxyl groups excluding tert-OH is 1. The van der Waals surface area contributed by atoms with Gasteiger partial charge in [0.05, 0.1) is 16.8 Å². The summed E-state index contributed by atoms with van der Waals surface area (Å²) >= 11 is 6.18. The second-order valence-corrected chi connectivity index (χ2v) is 11.6. The van der Waals surface area contributed by atoms with Gasteiger partial charge in [0.25, 0.3) is 0 Å². The van der Waals surface area contributed by atoms with Gasteiger partial charge >= 0.3 is 5.97 Å². The highest BCUT2D eigenvalue weighted by molar-refractivity contribution is 6.47. The highest BCUT2D eigenvalue weighted by Gasteiger charge is 2.50. The van der Waals surface area contributed by atoms with E-state index in [1.807, 2.05) is 44.2 Å². The van der Waals surface area contributed by atoms with E-state index < -0.39 is 28.9 Å². The third kappa shape index (κ3) is 7.13. The maximum absolute atomic E-state index is 15.3. The second kappa shape index (κ2) is 12.7. The largest absolute Gasteiger partial charge is 0.481 e. The van der Waals surface area contributed by atoms with Crippen molar-refractivity contribution in [3.05, 3.63) is 73.4 Å². The molecule has 0 aromatic carbocycles. The van der Waals surface area contributed by atoms with Crippen molar-refractivity contribution >= 4 is 29.0 Å². The number of carboxylic acids is 1. The molecule has 0 amide bonds. The van der Waals surface area contributed by atoms with Gasteiger partial charge in [-0.1, -0.05) is 37.0 Å². The molecular weight excluding hydrogens is 517 g/mol. The zero-order valence-electron chi connectivity index (χ0n) is 23.1. The van der Waals surface area contributed by atoms with Gasteiger partial charge in [0.1, 0.15) is 17.3 Å². The number of allylic oxidation sites excluding steroid dienone is 4. The summed E-state index contributed by atoms with van der Waals surface area (Å²) in [7, 11) is 0. The number of unbranched alkanes of at least 4 members (excludes halogenated alkanes) is 1. The highest BCUT2D eigenvalue weighted by atomic mass is 35.5. The normalized spacial score (nSPS) is 27.5. The number of rotatable bonds is 15. The summed E-state index contributed by atoms with van der Waals surface area (Å²) in [6.45, 7) is 15.5. The number of carbonyl (C=O) groups is 1. The molecule has 1 fully saturated rings. The molecule has 0 saturated carbocycles. The van der Waals surface area contributed by atoms with Crippen LogP contribution in [0.25, 0.3) is 0 Å². The van der Waals surface area contributed by atoms with Gasteiger partial charge in [0.2, 0.25) is 0 Å². The Morgan fingerprint density at radius 2 is 1.95 bits per heavy atom. The van der Waals surface area contributed by atoms with Gasteiger partial charge in [-0.15, -0.1) is 24.8 Å². The molecule has 0 aromatic rings. The van der Waals surface area contributed by atoms with Gasteiger partial charge in [-0.05, 0) is 75.7 Å². The lowest BCUT2D eigenvalue weighted by Gasteiger charge is -2.49. The molecule has 2 N–H and O–H groups in total. The summed E-state index contributed by atoms with van der Waals surface area (Å²) < 4.78 is 15.3. The van der Waals surface area contributed by atoms with Crippen molar-refractivity contribution in [3.8, 4) is 0 Å². The van der Waals surface area contributed by atoms with Crippen LogP contribution in [0.3, 0.4) is 0 Å². The summed E-state index contributed by atoms with van der Waals surface area (Å²) in [5, 5.41) is 20.0. The summed E-state index contributed by atoms with van der Waals surface area (Å²) in [6, 6.07) is 0. The molecule has 0 bridgehead atoms. The van der Waals surface area contributed by atoms with Crippen molar-refractivity contribution in [1.82, 2.24) is 4.90 Å². The van der Waals surface area contributed by atoms with Crippen LogP contribution in [0, 0.1) is 0 Å². The second-order valence-electron chi connectivity index (χ2n) is 11.0. The Balaban J connectivity index is 1.81. The van der Waals surface area contributed by atoms with E-state index in [9.17, 15) is 9.90 Å². The molecule has 4 unspecified atom stereocenters. The topological polar surface area (TPSA) is 85.5 Å². The number of aliphatic imine (C=N–C) groups is 2. The molecule has 4 atom stereocenters. The SMILES string of the molecule is C=CCCC(=C)C1(F)CN(C(O)C2=CC3(C)N=C(CCCCC(=O)O)C(/C=C/CC(Cl)C=C)=NC3(C)C=C2)C1. The van der Waals surface area contributed by atoms with E-state index in [0.29, 0.717) is 49.7 Å². The van der Waals surface area contributed by atoms with Crippen LogP contribution in [0.5, 0.6) is 0 Å². The van der Waals surface area contributed by atoms with E-state index in [2.05, 4.69) is 19.7 Å². The minimum atomic E-state index is -1.51. The minimum absolute atomic E-state index is 0.0841. The lowest BCUT2D eigenvalue weighted by molar-refractivity contribution is -0.137. The maximum atomic E-state index is 15.3. The Bertz CT molecular complexity index is 1130. The number of carboxylic acid groups (broad SMARTS) is 1. The van der Waals surface area contributed by atoms with Crippen molar-refractivity contribution in [2.24, 2.45) is 9.98 Å². The highest BCUT2D eigenvalue weighted by Crippen LogP contribution is 2.43. The van der Waals surface area contributed by atoms with Crippen molar-refractivity contribution in [3.63, 3.8) is 0 Å². The van der Waals surface area contributed by atoms with E-state index in [1.54, 1.807) is 17.1 Å². The number of hydrogen-bond acceptors (Lipinski definition) is 5. The molecule has 0 aromatic heterocycles. The number of nitrogens with zero attached hydrogens (tertiary/aromatic N) is 3. The Morgan fingerprint density at radius 3 is 2.59 bits per heavy atom. The fraction of sp³-hybridized carbons (Fsp3) is 0.516. The molecule has 212 valence electrons. The first-order valence-electron chi connectivity index (χ1n) is 13.5. The van der Waals surface area contributed by atoms with Crippen molar-refractivity contribution in [2.45, 2.75) is 87.1 Å². The van der Waals surface area contributed by atoms with Crippen molar-refractivity contribution in [1.29, 1.82) is 0 Å². The Hall–Kier alpha value is -2.61. The molecule has 2 heterocycles. The minimum Gasteiger partial charge on any atom is -0.481 e. The van der Waals surface area contributed by atoms with Gasteiger partial charge in [-0.3, -0.25) is 19.7 Å². The predicted molar refractivity (Wildman–Crippen MR) is 159 cm³/mol. The number of halogens is 2. The van der Waals surface area contributed by atoms with Gasteiger partial charge in [-0.25, -0.2) is 4.39 Å². The van der Waals surface area contributed by atoms with E-state index >= 15 is 4.39 Å². The van der Waals surface area contributed by atoms with E-state index in [1.165, 1.54) is 0 Å². The summed E-state index contributed by atoms with van der Waals surface area (Å²) in [5.41, 5.74) is -0.280. The summed E-state index contributed by atoms with van der Waals surface area (Å²) in [5.74, 6) is -0.821. The molecule has 1 aliphatic carbocycles. The van der Waals surface area contributed by atoms with Crippen LogP contribution in [0.1, 0.15) is 58.8 Å². The molecular formula is C31H41ClFN3O3. The predicted octanol–water partition coefficient (Wildman–Crippen LogP) is 6.15. The monoisotopic (exact) mass is 557 g/mol. The fourth-order valence-corrected chi connectivity index (χ4v) is 5.15. The number of alkyl halides is 2. The van der Waals surface area contributed by atoms with Crippen LogP contribution in [0.4, 0.5) is 4.39 Å². The Morgan fingerprint density at radius 1 is 1.23 bits per heavy atom. The van der Waals surface area contributed by atoms with Gasteiger partial charge < -0.3 is 10.2 Å². The third-order valence-corrected chi connectivity index (χ3v) is 8.23. The summed E-state index contributed by atoms with van der Waals surface area (Å²) in [6.07, 6.45) is 15.7. The third-order valence-electron chi connectivity index (χ3n) is 7.87. The zero-order valence-corrected chi connectivity index (χ0v) is 23.8. The first-order valence-corrected chi connectivity index (χ1v) is 14.0. The van der Waals surface area contributed by atoms with Gasteiger partial charge in [0, 0.05) is 19.5 Å².